The first kappa shape index (κ1) is 26.5. The molecule has 3 aromatic rings. The summed E-state index contributed by atoms with van der Waals surface area (Å²) >= 11 is 3.78. The van der Waals surface area contributed by atoms with Crippen molar-refractivity contribution in [3.8, 4) is 0 Å². The van der Waals surface area contributed by atoms with Gasteiger partial charge in [-0.05, 0) is 49.9 Å². The van der Waals surface area contributed by atoms with E-state index in [4.69, 9.17) is 9.47 Å². The maximum atomic E-state index is 13.7. The molecule has 8 nitrogen and oxygen atoms in total. The number of hydrogen-bond acceptors (Lipinski definition) is 8. The normalized spacial score (nSPS) is 13.2. The van der Waals surface area contributed by atoms with Gasteiger partial charge in [0.25, 0.3) is 5.91 Å². The SMILES string of the molecule is CCOC(=O)c1c(NC(=O)CSCC(=O)N=c2sc3cc(F)ccc3n2CCOC)sc2c1CCC2. The van der Waals surface area contributed by atoms with Crippen molar-refractivity contribution in [3.05, 3.63) is 44.8 Å². The number of nitrogens with one attached hydrogen (secondary N) is 1. The quantitative estimate of drug-likeness (QED) is 0.382. The summed E-state index contributed by atoms with van der Waals surface area (Å²) in [6.07, 6.45) is 2.68. The third kappa shape index (κ3) is 6.05. The number of halogens is 1. The van der Waals surface area contributed by atoms with Gasteiger partial charge in [-0.2, -0.15) is 4.99 Å². The Hall–Kier alpha value is -2.54. The lowest BCUT2D eigenvalue weighted by Gasteiger charge is -2.07. The minimum atomic E-state index is -0.418. The first-order chi connectivity index (χ1) is 17.4. The van der Waals surface area contributed by atoms with Gasteiger partial charge in [-0.15, -0.1) is 23.1 Å². The van der Waals surface area contributed by atoms with E-state index >= 15 is 0 Å². The number of nitrogens with zero attached hydrogens (tertiary/aromatic N) is 2. The number of anilines is 1. The van der Waals surface area contributed by atoms with Gasteiger partial charge in [0.15, 0.2) is 4.80 Å². The minimum absolute atomic E-state index is 0.00593. The van der Waals surface area contributed by atoms with Crippen LogP contribution in [0.15, 0.2) is 23.2 Å². The van der Waals surface area contributed by atoms with E-state index in [1.165, 1.54) is 34.8 Å². The standard InChI is InChI=1S/C24H26FN3O5S3/c1-3-33-23(31)21-15-5-4-6-17(15)35-22(21)26-19(29)12-34-13-20(30)27-24-28(9-10-32-2)16-8-7-14(25)11-18(16)36-24/h7-8,11H,3-6,9-10,12-13H2,1-2H3,(H,26,29). The van der Waals surface area contributed by atoms with Crippen LogP contribution >= 0.6 is 34.4 Å². The summed E-state index contributed by atoms with van der Waals surface area (Å²) in [6, 6.07) is 4.44. The smallest absolute Gasteiger partial charge is 0.341 e. The van der Waals surface area contributed by atoms with Crippen LogP contribution in [-0.4, -0.2) is 54.2 Å². The largest absolute Gasteiger partial charge is 0.462 e. The van der Waals surface area contributed by atoms with Crippen LogP contribution in [0.25, 0.3) is 10.2 Å². The number of aryl methyl sites for hydroxylation is 1. The van der Waals surface area contributed by atoms with Crippen molar-refractivity contribution in [2.75, 3.05) is 37.1 Å². The van der Waals surface area contributed by atoms with Gasteiger partial charge >= 0.3 is 5.97 Å². The number of thiazole rings is 1. The van der Waals surface area contributed by atoms with Gasteiger partial charge in [-0.25, -0.2) is 9.18 Å². The van der Waals surface area contributed by atoms with Crippen molar-refractivity contribution in [1.82, 2.24) is 4.57 Å². The van der Waals surface area contributed by atoms with Crippen molar-refractivity contribution in [2.45, 2.75) is 32.7 Å². The molecule has 2 aromatic heterocycles. The molecule has 0 fully saturated rings. The molecule has 0 radical (unpaired) electrons. The van der Waals surface area contributed by atoms with Crippen molar-refractivity contribution in [3.63, 3.8) is 0 Å². The molecule has 192 valence electrons. The summed E-state index contributed by atoms with van der Waals surface area (Å²) < 4.78 is 26.5. The predicted molar refractivity (Wildman–Crippen MR) is 140 cm³/mol. The Morgan fingerprint density at radius 2 is 2.06 bits per heavy atom. The Kier molecular flexibility index (Phi) is 8.94. The summed E-state index contributed by atoms with van der Waals surface area (Å²) in [4.78, 5) is 43.3. The van der Waals surface area contributed by atoms with Crippen molar-refractivity contribution >= 4 is 67.4 Å². The third-order valence-electron chi connectivity index (χ3n) is 5.50. The summed E-state index contributed by atoms with van der Waals surface area (Å²) in [5.41, 5.74) is 2.21. The van der Waals surface area contributed by atoms with Crippen molar-refractivity contribution in [2.24, 2.45) is 4.99 Å². The zero-order chi connectivity index (χ0) is 25.7. The average molecular weight is 552 g/mol. The molecule has 1 N–H and O–H groups in total. The number of aromatic nitrogens is 1. The number of ether oxygens (including phenoxy) is 2. The third-order valence-corrected chi connectivity index (χ3v) is 8.66. The fourth-order valence-electron chi connectivity index (χ4n) is 3.98. The van der Waals surface area contributed by atoms with E-state index in [-0.39, 0.29) is 29.8 Å². The Labute approximate surface area is 219 Å². The molecule has 0 bridgehead atoms. The van der Waals surface area contributed by atoms with Crippen LogP contribution < -0.4 is 10.1 Å². The van der Waals surface area contributed by atoms with Crippen LogP contribution in [0, 0.1) is 5.82 Å². The predicted octanol–water partition coefficient (Wildman–Crippen LogP) is 4.01. The zero-order valence-corrected chi connectivity index (χ0v) is 22.4. The lowest BCUT2D eigenvalue weighted by atomic mass is 10.1. The number of methoxy groups -OCH3 is 1. The molecule has 0 saturated carbocycles. The number of thiophene rings is 1. The Balaban J connectivity index is 1.40. The fourth-order valence-corrected chi connectivity index (χ4v) is 6.97. The van der Waals surface area contributed by atoms with Crippen molar-refractivity contribution < 1.29 is 28.2 Å². The number of thioether (sulfide) groups is 1. The van der Waals surface area contributed by atoms with Gasteiger partial charge in [-0.3, -0.25) is 9.59 Å². The molecule has 12 heteroatoms. The highest BCUT2D eigenvalue weighted by atomic mass is 32.2. The van der Waals surface area contributed by atoms with E-state index in [1.807, 2.05) is 4.57 Å². The highest BCUT2D eigenvalue weighted by molar-refractivity contribution is 8.00. The number of fused-ring (bicyclic) bond motifs is 2. The summed E-state index contributed by atoms with van der Waals surface area (Å²) in [7, 11) is 1.58. The molecule has 0 saturated heterocycles. The van der Waals surface area contributed by atoms with Gasteiger partial charge in [0, 0.05) is 18.5 Å². The van der Waals surface area contributed by atoms with E-state index in [1.54, 1.807) is 20.1 Å². The molecule has 0 atom stereocenters. The molecule has 1 aromatic carbocycles. The number of rotatable bonds is 10. The zero-order valence-electron chi connectivity index (χ0n) is 19.9. The Morgan fingerprint density at radius 3 is 2.83 bits per heavy atom. The number of esters is 1. The first-order valence-corrected chi connectivity index (χ1v) is 14.2. The number of carbonyl (C=O) groups is 3. The van der Waals surface area contributed by atoms with Crippen LogP contribution in [-0.2, 0) is 38.4 Å². The lowest BCUT2D eigenvalue weighted by Crippen LogP contribution is -2.20. The molecule has 2 amide bonds. The molecule has 0 aliphatic heterocycles. The van der Waals surface area contributed by atoms with E-state index in [0.717, 1.165) is 47.0 Å². The van der Waals surface area contributed by atoms with E-state index in [2.05, 4.69) is 10.3 Å². The number of amides is 2. The van der Waals surface area contributed by atoms with Gasteiger partial charge in [0.2, 0.25) is 5.91 Å². The number of carbonyl (C=O) groups excluding carboxylic acids is 3. The van der Waals surface area contributed by atoms with E-state index in [0.29, 0.717) is 33.2 Å². The molecule has 1 aliphatic rings. The Bertz CT molecular complexity index is 1360. The van der Waals surface area contributed by atoms with Gasteiger partial charge in [-0.1, -0.05) is 11.3 Å². The second-order valence-electron chi connectivity index (χ2n) is 7.97. The second-order valence-corrected chi connectivity index (χ2v) is 11.1. The fraction of sp³-hybridized carbons (Fsp3) is 0.417. The van der Waals surface area contributed by atoms with Gasteiger partial charge in [0.05, 0.1) is 40.5 Å². The highest BCUT2D eigenvalue weighted by Crippen LogP contribution is 2.39. The summed E-state index contributed by atoms with van der Waals surface area (Å²) in [6.45, 7) is 2.90. The maximum Gasteiger partial charge on any atom is 0.341 e. The second kappa shape index (κ2) is 12.1. The highest BCUT2D eigenvalue weighted by Gasteiger charge is 2.28. The van der Waals surface area contributed by atoms with Gasteiger partial charge < -0.3 is 19.4 Å². The molecule has 0 spiro atoms. The topological polar surface area (TPSA) is 99.0 Å². The minimum Gasteiger partial charge on any atom is -0.462 e. The molecule has 2 heterocycles. The maximum absolute atomic E-state index is 13.7. The monoisotopic (exact) mass is 551 g/mol. The van der Waals surface area contributed by atoms with E-state index < -0.39 is 11.9 Å². The molecule has 36 heavy (non-hydrogen) atoms. The Morgan fingerprint density at radius 1 is 1.22 bits per heavy atom. The summed E-state index contributed by atoms with van der Waals surface area (Å²) in [5, 5.41) is 3.33. The van der Waals surface area contributed by atoms with Crippen LogP contribution in [0.5, 0.6) is 0 Å². The van der Waals surface area contributed by atoms with Crippen LogP contribution in [0.3, 0.4) is 0 Å². The molecule has 4 rings (SSSR count). The number of hydrogen-bond donors (Lipinski definition) is 1. The number of benzene rings is 1. The van der Waals surface area contributed by atoms with Crippen LogP contribution in [0.2, 0.25) is 0 Å². The van der Waals surface area contributed by atoms with E-state index in [9.17, 15) is 18.8 Å². The first-order valence-electron chi connectivity index (χ1n) is 11.5. The lowest BCUT2D eigenvalue weighted by molar-refractivity contribution is -0.115. The average Bonchev–Trinajstić information content (AvgIpc) is 3.50. The van der Waals surface area contributed by atoms with Gasteiger partial charge in [0.1, 0.15) is 10.8 Å². The molecular weight excluding hydrogens is 525 g/mol. The molecular formula is C24H26FN3O5S3. The van der Waals surface area contributed by atoms with Crippen LogP contribution in [0.1, 0.15) is 34.1 Å². The van der Waals surface area contributed by atoms with Crippen LogP contribution in [0.4, 0.5) is 9.39 Å². The van der Waals surface area contributed by atoms with Crippen molar-refractivity contribution in [1.29, 1.82) is 0 Å². The molecule has 0 unspecified atom stereocenters. The molecule has 1 aliphatic carbocycles. The summed E-state index contributed by atoms with van der Waals surface area (Å²) in [5.74, 6) is -1.43.